The van der Waals surface area contributed by atoms with Crippen molar-refractivity contribution in [3.05, 3.63) is 0 Å². The van der Waals surface area contributed by atoms with Crippen LogP contribution in [0.3, 0.4) is 0 Å². The molecular formula is C15H31N3O. The number of ether oxygens (including phenoxy) is 1. The van der Waals surface area contributed by atoms with Gasteiger partial charge < -0.3 is 15.4 Å². The van der Waals surface area contributed by atoms with Crippen molar-refractivity contribution in [3.63, 3.8) is 0 Å². The Morgan fingerprint density at radius 1 is 1.47 bits per heavy atom. The van der Waals surface area contributed by atoms with Gasteiger partial charge in [-0.3, -0.25) is 4.90 Å². The van der Waals surface area contributed by atoms with E-state index in [4.69, 9.17) is 10.5 Å². The van der Waals surface area contributed by atoms with Gasteiger partial charge in [-0.15, -0.1) is 0 Å². The summed E-state index contributed by atoms with van der Waals surface area (Å²) in [6.45, 7) is 6.24. The molecule has 0 amide bonds. The van der Waals surface area contributed by atoms with Crippen LogP contribution in [0.5, 0.6) is 0 Å². The fraction of sp³-hybridized carbons (Fsp3) is 1.00. The molecule has 2 fully saturated rings. The van der Waals surface area contributed by atoms with Crippen LogP contribution in [-0.2, 0) is 4.74 Å². The number of nitrogens with two attached hydrogens (primary N) is 1. The molecule has 2 N–H and O–H groups in total. The minimum atomic E-state index is 0.155. The predicted molar refractivity (Wildman–Crippen MR) is 79.3 cm³/mol. The second kappa shape index (κ2) is 6.53. The van der Waals surface area contributed by atoms with Crippen LogP contribution >= 0.6 is 0 Å². The molecule has 112 valence electrons. The molecule has 2 aliphatic heterocycles. The van der Waals surface area contributed by atoms with E-state index in [2.05, 4.69) is 30.8 Å². The zero-order valence-corrected chi connectivity index (χ0v) is 12.9. The van der Waals surface area contributed by atoms with Crippen molar-refractivity contribution in [2.45, 2.75) is 56.7 Å². The summed E-state index contributed by atoms with van der Waals surface area (Å²) in [4.78, 5) is 5.04. The molecule has 0 aliphatic carbocycles. The zero-order valence-electron chi connectivity index (χ0n) is 12.9. The molecule has 2 saturated heterocycles. The lowest BCUT2D eigenvalue weighted by Gasteiger charge is -2.51. The molecule has 3 atom stereocenters. The van der Waals surface area contributed by atoms with E-state index in [9.17, 15) is 0 Å². The van der Waals surface area contributed by atoms with Gasteiger partial charge in [0.25, 0.3) is 0 Å². The highest BCUT2D eigenvalue weighted by Crippen LogP contribution is 2.33. The standard InChI is InChI=1S/C15H31N3O/c1-4-14-10-15(12-16,7-9-19-14)18(3)13-6-5-8-17(2)11-13/h13-14H,4-12,16H2,1-3H3. The fourth-order valence-electron chi connectivity index (χ4n) is 3.75. The Morgan fingerprint density at radius 3 is 2.89 bits per heavy atom. The SMILES string of the molecule is CCC1CC(CN)(N(C)C2CCCN(C)C2)CCO1. The number of piperidine rings is 1. The van der Waals surface area contributed by atoms with Gasteiger partial charge in [-0.1, -0.05) is 6.92 Å². The number of likely N-dealkylation sites (N-methyl/N-ethyl adjacent to an activating group) is 2. The molecule has 2 rings (SSSR count). The molecule has 2 aliphatic rings. The van der Waals surface area contributed by atoms with Crippen LogP contribution in [0.4, 0.5) is 0 Å². The van der Waals surface area contributed by atoms with Gasteiger partial charge in [0, 0.05) is 31.3 Å². The lowest BCUT2D eigenvalue weighted by molar-refractivity contribution is -0.0821. The molecule has 0 bridgehead atoms. The van der Waals surface area contributed by atoms with Crippen LogP contribution < -0.4 is 5.73 Å². The van der Waals surface area contributed by atoms with Gasteiger partial charge in [0.2, 0.25) is 0 Å². The van der Waals surface area contributed by atoms with Crippen LogP contribution in [0.2, 0.25) is 0 Å². The van der Waals surface area contributed by atoms with Crippen molar-refractivity contribution in [2.24, 2.45) is 5.73 Å². The number of nitrogens with zero attached hydrogens (tertiary/aromatic N) is 2. The summed E-state index contributed by atoms with van der Waals surface area (Å²) in [5.41, 5.74) is 6.34. The van der Waals surface area contributed by atoms with Crippen LogP contribution in [0.15, 0.2) is 0 Å². The Kier molecular flexibility index (Phi) is 5.23. The van der Waals surface area contributed by atoms with Crippen LogP contribution in [0.1, 0.15) is 39.0 Å². The van der Waals surface area contributed by atoms with Gasteiger partial charge in [0.1, 0.15) is 0 Å². The molecule has 0 saturated carbocycles. The van der Waals surface area contributed by atoms with Gasteiger partial charge in [0.05, 0.1) is 6.10 Å². The maximum atomic E-state index is 6.19. The molecule has 4 nitrogen and oxygen atoms in total. The van der Waals surface area contributed by atoms with Crippen LogP contribution in [0.25, 0.3) is 0 Å². The Hall–Kier alpha value is -0.160. The third-order valence-electron chi connectivity index (χ3n) is 5.26. The van der Waals surface area contributed by atoms with Crippen LogP contribution in [0, 0.1) is 0 Å². The Labute approximate surface area is 118 Å². The van der Waals surface area contributed by atoms with Crippen molar-refractivity contribution < 1.29 is 4.74 Å². The lowest BCUT2D eigenvalue weighted by atomic mass is 9.82. The van der Waals surface area contributed by atoms with Crippen molar-refractivity contribution >= 4 is 0 Å². The molecule has 0 aromatic carbocycles. The van der Waals surface area contributed by atoms with Crippen molar-refractivity contribution in [2.75, 3.05) is 40.3 Å². The summed E-state index contributed by atoms with van der Waals surface area (Å²) in [5.74, 6) is 0. The molecule has 0 aromatic heterocycles. The molecule has 3 unspecified atom stereocenters. The molecule has 0 aromatic rings. The molecule has 19 heavy (non-hydrogen) atoms. The van der Waals surface area contributed by atoms with Gasteiger partial charge in [-0.2, -0.15) is 0 Å². The van der Waals surface area contributed by atoms with Crippen LogP contribution in [-0.4, -0.2) is 67.8 Å². The normalized spacial score (nSPS) is 37.7. The summed E-state index contributed by atoms with van der Waals surface area (Å²) < 4.78 is 5.85. The second-order valence-corrected chi connectivity index (χ2v) is 6.45. The highest BCUT2D eigenvalue weighted by molar-refractivity contribution is 4.98. The van der Waals surface area contributed by atoms with E-state index in [0.717, 1.165) is 32.4 Å². The lowest BCUT2D eigenvalue weighted by Crippen LogP contribution is -2.62. The molecular weight excluding hydrogens is 238 g/mol. The minimum Gasteiger partial charge on any atom is -0.378 e. The van der Waals surface area contributed by atoms with E-state index in [1.165, 1.54) is 25.9 Å². The number of hydrogen-bond acceptors (Lipinski definition) is 4. The maximum Gasteiger partial charge on any atom is 0.0590 e. The summed E-state index contributed by atoms with van der Waals surface area (Å²) in [7, 11) is 4.52. The van der Waals surface area contributed by atoms with E-state index in [-0.39, 0.29) is 5.54 Å². The first-order valence-electron chi connectivity index (χ1n) is 7.84. The highest BCUT2D eigenvalue weighted by atomic mass is 16.5. The maximum absolute atomic E-state index is 6.19. The number of rotatable bonds is 4. The second-order valence-electron chi connectivity index (χ2n) is 6.45. The predicted octanol–water partition coefficient (Wildman–Crippen LogP) is 1.30. The highest BCUT2D eigenvalue weighted by Gasteiger charge is 2.41. The molecule has 0 spiro atoms. The number of likely N-dealkylation sites (tertiary alicyclic amines) is 1. The van der Waals surface area contributed by atoms with E-state index in [1.54, 1.807) is 0 Å². The first-order valence-corrected chi connectivity index (χ1v) is 7.84. The number of hydrogen-bond donors (Lipinski definition) is 1. The van der Waals surface area contributed by atoms with Gasteiger partial charge in [0.15, 0.2) is 0 Å². The summed E-state index contributed by atoms with van der Waals surface area (Å²) >= 11 is 0. The van der Waals surface area contributed by atoms with Crippen molar-refractivity contribution in [1.82, 2.24) is 9.80 Å². The first-order chi connectivity index (χ1) is 9.11. The average Bonchev–Trinajstić information content (AvgIpc) is 2.46. The van der Waals surface area contributed by atoms with Gasteiger partial charge in [-0.05, 0) is 52.7 Å². The zero-order chi connectivity index (χ0) is 13.9. The smallest absolute Gasteiger partial charge is 0.0590 e. The fourth-order valence-corrected chi connectivity index (χ4v) is 3.75. The molecule has 0 radical (unpaired) electrons. The summed E-state index contributed by atoms with van der Waals surface area (Å²) in [6.07, 6.45) is 6.27. The van der Waals surface area contributed by atoms with Gasteiger partial charge in [-0.25, -0.2) is 0 Å². The average molecular weight is 269 g/mol. The van der Waals surface area contributed by atoms with E-state index in [1.807, 2.05) is 0 Å². The summed E-state index contributed by atoms with van der Waals surface area (Å²) in [6, 6.07) is 0.651. The third-order valence-corrected chi connectivity index (χ3v) is 5.26. The third kappa shape index (κ3) is 3.30. The molecule has 4 heteroatoms. The largest absolute Gasteiger partial charge is 0.378 e. The minimum absolute atomic E-state index is 0.155. The molecule has 2 heterocycles. The van der Waals surface area contributed by atoms with Crippen molar-refractivity contribution in [3.8, 4) is 0 Å². The first kappa shape index (κ1) is 15.2. The quantitative estimate of drug-likeness (QED) is 0.835. The monoisotopic (exact) mass is 269 g/mol. The van der Waals surface area contributed by atoms with E-state index < -0.39 is 0 Å². The Morgan fingerprint density at radius 2 is 2.26 bits per heavy atom. The van der Waals surface area contributed by atoms with Gasteiger partial charge >= 0.3 is 0 Å². The Balaban J connectivity index is 2.06. The topological polar surface area (TPSA) is 41.7 Å². The van der Waals surface area contributed by atoms with E-state index >= 15 is 0 Å². The van der Waals surface area contributed by atoms with E-state index in [0.29, 0.717) is 12.1 Å². The summed E-state index contributed by atoms with van der Waals surface area (Å²) in [5, 5.41) is 0. The van der Waals surface area contributed by atoms with Crippen molar-refractivity contribution in [1.29, 1.82) is 0 Å². The Bertz CT molecular complexity index is 287.